The van der Waals surface area contributed by atoms with Gasteiger partial charge in [0.25, 0.3) is 0 Å². The summed E-state index contributed by atoms with van der Waals surface area (Å²) in [6, 6.07) is 70.3. The Bertz CT molecular complexity index is 2950. The zero-order chi connectivity index (χ0) is 40.1. The summed E-state index contributed by atoms with van der Waals surface area (Å²) >= 11 is 0. The highest BCUT2D eigenvalue weighted by molar-refractivity contribution is 5.93. The first-order valence-corrected chi connectivity index (χ1v) is 19.9. The van der Waals surface area contributed by atoms with Gasteiger partial charge in [-0.25, -0.2) is 24.9 Å². The topological polar surface area (TPSA) is 77.3 Å². The molecule has 0 saturated carbocycles. The zero-order valence-corrected chi connectivity index (χ0v) is 32.5. The summed E-state index contributed by atoms with van der Waals surface area (Å²) in [5.41, 5.74) is 13.6. The predicted molar refractivity (Wildman–Crippen MR) is 242 cm³/mol. The van der Waals surface area contributed by atoms with Crippen molar-refractivity contribution >= 4 is 0 Å². The average molecular weight is 769 g/mol. The summed E-state index contributed by atoms with van der Waals surface area (Å²) in [4.78, 5) is 30.0. The van der Waals surface area contributed by atoms with E-state index in [1.807, 2.05) is 115 Å². The molecule has 0 bridgehead atoms. The van der Waals surface area contributed by atoms with E-state index in [0.29, 0.717) is 23.3 Å². The van der Waals surface area contributed by atoms with E-state index >= 15 is 0 Å². The number of nitrogens with zero attached hydrogens (tertiary/aromatic N) is 6. The summed E-state index contributed by atoms with van der Waals surface area (Å²) in [7, 11) is 0. The second kappa shape index (κ2) is 16.3. The fraction of sp³-hybridized carbons (Fsp3) is 0. The maximum Gasteiger partial charge on any atom is 0.164 e. The SMILES string of the molecule is c1ccc(-c2cc(-c3ccccc3)nc(-c3cccc(-c4cc(-c5cccnc5)ccc4-c4ccccc4-c4nc(-c5ccccc5)nc(-c5ccccc5)n4)c3)n2)cc1. The Labute approximate surface area is 348 Å². The van der Waals surface area contributed by atoms with Crippen molar-refractivity contribution < 1.29 is 0 Å². The van der Waals surface area contributed by atoms with Gasteiger partial charge in [-0.15, -0.1) is 0 Å². The van der Waals surface area contributed by atoms with Crippen molar-refractivity contribution in [2.75, 3.05) is 0 Å². The summed E-state index contributed by atoms with van der Waals surface area (Å²) < 4.78 is 0. The first-order valence-electron chi connectivity index (χ1n) is 19.9. The van der Waals surface area contributed by atoms with Crippen LogP contribution in [0.15, 0.2) is 219 Å². The predicted octanol–water partition coefficient (Wildman–Crippen LogP) is 13.1. The third-order valence-electron chi connectivity index (χ3n) is 10.5. The zero-order valence-electron chi connectivity index (χ0n) is 32.5. The molecule has 7 aromatic carbocycles. The number of pyridine rings is 1. The molecule has 0 radical (unpaired) electrons. The van der Waals surface area contributed by atoms with Gasteiger partial charge >= 0.3 is 0 Å². The molecule has 0 fully saturated rings. The Morgan fingerprint density at radius 2 is 0.700 bits per heavy atom. The van der Waals surface area contributed by atoms with Crippen molar-refractivity contribution in [2.24, 2.45) is 0 Å². The Morgan fingerprint density at radius 1 is 0.233 bits per heavy atom. The maximum absolute atomic E-state index is 5.16. The maximum atomic E-state index is 5.16. The van der Waals surface area contributed by atoms with Crippen LogP contribution in [0.25, 0.3) is 101 Å². The Hall–Kier alpha value is -8.22. The molecule has 0 saturated heterocycles. The largest absolute Gasteiger partial charge is 0.264 e. The van der Waals surface area contributed by atoms with Crippen molar-refractivity contribution in [1.82, 2.24) is 29.9 Å². The van der Waals surface area contributed by atoms with Gasteiger partial charge in [0.2, 0.25) is 0 Å². The van der Waals surface area contributed by atoms with Crippen LogP contribution in [0.2, 0.25) is 0 Å². The molecule has 0 aliphatic heterocycles. The third-order valence-corrected chi connectivity index (χ3v) is 10.5. The molecule has 0 unspecified atom stereocenters. The van der Waals surface area contributed by atoms with E-state index in [0.717, 1.165) is 78.1 Å². The molecule has 60 heavy (non-hydrogen) atoms. The second-order valence-electron chi connectivity index (χ2n) is 14.4. The number of rotatable bonds is 9. The average Bonchev–Trinajstić information content (AvgIpc) is 3.35. The van der Waals surface area contributed by atoms with Crippen molar-refractivity contribution in [2.45, 2.75) is 0 Å². The fourth-order valence-electron chi connectivity index (χ4n) is 7.49. The lowest BCUT2D eigenvalue weighted by Crippen LogP contribution is -2.01. The quantitative estimate of drug-likeness (QED) is 0.145. The van der Waals surface area contributed by atoms with Crippen molar-refractivity contribution in [3.63, 3.8) is 0 Å². The Morgan fingerprint density at radius 3 is 1.28 bits per heavy atom. The van der Waals surface area contributed by atoms with Crippen molar-refractivity contribution in [3.8, 4) is 101 Å². The highest BCUT2D eigenvalue weighted by Crippen LogP contribution is 2.41. The molecular weight excluding hydrogens is 733 g/mol. The number of hydrogen-bond acceptors (Lipinski definition) is 6. The summed E-state index contributed by atoms with van der Waals surface area (Å²) in [6.45, 7) is 0. The minimum Gasteiger partial charge on any atom is -0.264 e. The number of benzene rings is 7. The molecule has 10 aromatic rings. The lowest BCUT2D eigenvalue weighted by Gasteiger charge is -2.17. The van der Waals surface area contributed by atoms with Gasteiger partial charge in [-0.3, -0.25) is 4.98 Å². The summed E-state index contributed by atoms with van der Waals surface area (Å²) in [6.07, 6.45) is 3.70. The van der Waals surface area contributed by atoms with Crippen LogP contribution in [0, 0.1) is 0 Å². The Kier molecular flexibility index (Phi) is 9.84. The van der Waals surface area contributed by atoms with Gasteiger partial charge in [-0.1, -0.05) is 182 Å². The molecule has 0 spiro atoms. The Balaban J connectivity index is 1.16. The molecule has 3 aromatic heterocycles. The van der Waals surface area contributed by atoms with Gasteiger partial charge in [-0.2, -0.15) is 0 Å². The van der Waals surface area contributed by atoms with Crippen LogP contribution in [0.4, 0.5) is 0 Å². The third kappa shape index (κ3) is 7.49. The van der Waals surface area contributed by atoms with E-state index in [-0.39, 0.29) is 0 Å². The van der Waals surface area contributed by atoms with E-state index in [1.165, 1.54) is 0 Å². The van der Waals surface area contributed by atoms with Gasteiger partial charge in [0.1, 0.15) is 0 Å². The molecular formula is C54H36N6. The number of aromatic nitrogens is 6. The molecule has 0 atom stereocenters. The lowest BCUT2D eigenvalue weighted by atomic mass is 9.88. The van der Waals surface area contributed by atoms with E-state index < -0.39 is 0 Å². The molecule has 0 amide bonds. The van der Waals surface area contributed by atoms with Gasteiger partial charge in [0.15, 0.2) is 23.3 Å². The van der Waals surface area contributed by atoms with Gasteiger partial charge in [0, 0.05) is 51.3 Å². The molecule has 0 N–H and O–H groups in total. The highest BCUT2D eigenvalue weighted by Gasteiger charge is 2.19. The normalized spacial score (nSPS) is 11.0. The summed E-state index contributed by atoms with van der Waals surface area (Å²) in [5.74, 6) is 2.46. The van der Waals surface area contributed by atoms with Crippen LogP contribution in [0.5, 0.6) is 0 Å². The molecule has 282 valence electrons. The summed E-state index contributed by atoms with van der Waals surface area (Å²) in [5, 5.41) is 0. The van der Waals surface area contributed by atoms with Crippen molar-refractivity contribution in [3.05, 3.63) is 219 Å². The lowest BCUT2D eigenvalue weighted by molar-refractivity contribution is 1.07. The van der Waals surface area contributed by atoms with Crippen LogP contribution in [-0.4, -0.2) is 29.9 Å². The van der Waals surface area contributed by atoms with Gasteiger partial charge < -0.3 is 0 Å². The van der Waals surface area contributed by atoms with Crippen LogP contribution in [0.3, 0.4) is 0 Å². The first kappa shape index (κ1) is 36.1. The molecule has 0 aliphatic carbocycles. The van der Waals surface area contributed by atoms with Crippen molar-refractivity contribution in [1.29, 1.82) is 0 Å². The van der Waals surface area contributed by atoms with Crippen LogP contribution in [0.1, 0.15) is 0 Å². The standard InChI is InChI=1S/C54H36N6/c1-5-17-37(18-6-1)49-35-50(38-19-7-2-8-20-38)57-53(56-49)43-26-15-25-42(33-43)48-34-41(44-27-16-32-55-36-44)30-31-46(48)45-28-13-14-29-47(45)54-59-51(39-21-9-3-10-22-39)58-52(60-54)40-23-11-4-12-24-40/h1-36H. The van der Waals surface area contributed by atoms with E-state index in [9.17, 15) is 0 Å². The van der Waals surface area contributed by atoms with E-state index in [2.05, 4.69) is 102 Å². The van der Waals surface area contributed by atoms with E-state index in [4.69, 9.17) is 24.9 Å². The van der Waals surface area contributed by atoms with E-state index in [1.54, 1.807) is 6.20 Å². The van der Waals surface area contributed by atoms with Crippen LogP contribution in [-0.2, 0) is 0 Å². The van der Waals surface area contributed by atoms with Crippen LogP contribution < -0.4 is 0 Å². The smallest absolute Gasteiger partial charge is 0.164 e. The fourth-order valence-corrected chi connectivity index (χ4v) is 7.49. The van der Waals surface area contributed by atoms with Gasteiger partial charge in [0.05, 0.1) is 11.4 Å². The first-order chi connectivity index (χ1) is 29.7. The second-order valence-corrected chi connectivity index (χ2v) is 14.4. The van der Waals surface area contributed by atoms with Crippen LogP contribution >= 0.6 is 0 Å². The number of hydrogen-bond donors (Lipinski definition) is 0. The van der Waals surface area contributed by atoms with Gasteiger partial charge in [-0.05, 0) is 52.1 Å². The minimum atomic E-state index is 0.592. The molecule has 3 heterocycles. The molecule has 0 aliphatic rings. The molecule has 6 heteroatoms. The monoisotopic (exact) mass is 768 g/mol. The molecule has 6 nitrogen and oxygen atoms in total. The minimum absolute atomic E-state index is 0.592. The highest BCUT2D eigenvalue weighted by atomic mass is 15.0. The molecule has 10 rings (SSSR count).